The van der Waals surface area contributed by atoms with Crippen LogP contribution in [-0.4, -0.2) is 0 Å². The van der Waals surface area contributed by atoms with Gasteiger partial charge in [-0.25, -0.2) is 11.6 Å². The quantitative estimate of drug-likeness (QED) is 0.425. The smallest absolute Gasteiger partial charge is 1.00 e. The van der Waals surface area contributed by atoms with Gasteiger partial charge in [-0.1, -0.05) is 50.6 Å². The Morgan fingerprint density at radius 2 is 1.62 bits per heavy atom. The molecule has 0 N–H and O–H groups in total. The molecule has 0 heterocycles. The number of hydrogen-bond donors (Lipinski definition) is 0. The number of aryl methyl sites for hydroxylation is 2. The zero-order valence-electron chi connectivity index (χ0n) is 14.1. The second kappa shape index (κ2) is 10.3. The molecule has 0 aliphatic heterocycles. The molecule has 3 heteroatoms. The van der Waals surface area contributed by atoms with Gasteiger partial charge in [-0.05, 0) is 11.5 Å². The van der Waals surface area contributed by atoms with E-state index in [4.69, 9.17) is 0 Å². The molecule has 24 heavy (non-hydrogen) atoms. The molecule has 0 nitrogen and oxygen atoms in total. The van der Waals surface area contributed by atoms with Gasteiger partial charge in [-0.3, -0.25) is 0 Å². The van der Waals surface area contributed by atoms with Crippen molar-refractivity contribution in [2.45, 2.75) is 26.7 Å². The Labute approximate surface area is 177 Å². The van der Waals surface area contributed by atoms with Gasteiger partial charge in [0.2, 0.25) is 0 Å². The minimum atomic E-state index is 0. The van der Waals surface area contributed by atoms with Crippen molar-refractivity contribution in [3.63, 3.8) is 0 Å². The molecular formula is C21H20Cl2Zr. The van der Waals surface area contributed by atoms with Crippen molar-refractivity contribution < 1.29 is 51.0 Å². The summed E-state index contributed by atoms with van der Waals surface area (Å²) in [5.74, 6) is 0.502. The van der Waals surface area contributed by atoms with Crippen LogP contribution in [0.3, 0.4) is 0 Å². The molecule has 0 fully saturated rings. The van der Waals surface area contributed by atoms with E-state index in [9.17, 15) is 0 Å². The Morgan fingerprint density at radius 3 is 2.21 bits per heavy atom. The van der Waals surface area contributed by atoms with E-state index in [1.807, 2.05) is 6.07 Å². The molecular weight excluding hydrogens is 414 g/mol. The molecule has 1 aliphatic rings. The van der Waals surface area contributed by atoms with Gasteiger partial charge in [-0.2, -0.15) is 42.0 Å². The third-order valence-corrected chi connectivity index (χ3v) is 4.10. The maximum Gasteiger partial charge on any atom is 4.00 e. The average molecular weight is 435 g/mol. The second-order valence-electron chi connectivity index (χ2n) is 5.77. The van der Waals surface area contributed by atoms with Crippen molar-refractivity contribution >= 4 is 0 Å². The zero-order chi connectivity index (χ0) is 14.8. The first kappa shape index (κ1) is 23.3. The Hall–Kier alpha value is -0.747. The molecule has 0 aromatic heterocycles. The van der Waals surface area contributed by atoms with Gasteiger partial charge in [-0.15, -0.1) is 11.1 Å². The standard InChI is InChI=1S/C14H11.C7H9.2ClH.Zr/c1-10-11-6-2-4-8-13(11)14-9-5-3-7-12(10)14;1-6-3-4-7(2)5-6;;;/h2-6,8-10H,1H3;3-5H,1-2H3;2*1H;/q2*-1;;;+4/p-2. The summed E-state index contributed by atoms with van der Waals surface area (Å²) in [5.41, 5.74) is 8.23. The minimum absolute atomic E-state index is 0. The maximum atomic E-state index is 3.35. The van der Waals surface area contributed by atoms with E-state index < -0.39 is 0 Å². The van der Waals surface area contributed by atoms with Crippen molar-refractivity contribution in [2.24, 2.45) is 0 Å². The SMILES string of the molecule is CC1c2[c-]cccc2-c2ccccc21.Cc1cc[c-](C)c1.[Cl-].[Cl-].[Zr+4]. The monoisotopic (exact) mass is 432 g/mol. The van der Waals surface area contributed by atoms with Gasteiger partial charge in [0.25, 0.3) is 0 Å². The van der Waals surface area contributed by atoms with Crippen molar-refractivity contribution in [2.75, 3.05) is 0 Å². The van der Waals surface area contributed by atoms with Crippen molar-refractivity contribution in [3.05, 3.63) is 89.0 Å². The number of halogens is 2. The molecule has 0 saturated heterocycles. The van der Waals surface area contributed by atoms with Crippen molar-refractivity contribution in [3.8, 4) is 11.1 Å². The molecule has 0 radical (unpaired) electrons. The van der Waals surface area contributed by atoms with Gasteiger partial charge in [0.1, 0.15) is 0 Å². The number of rotatable bonds is 0. The van der Waals surface area contributed by atoms with Gasteiger partial charge in [0.05, 0.1) is 0 Å². The van der Waals surface area contributed by atoms with Crippen LogP contribution < -0.4 is 24.8 Å². The van der Waals surface area contributed by atoms with Crippen LogP contribution >= 0.6 is 0 Å². The van der Waals surface area contributed by atoms with E-state index in [0.717, 1.165) is 0 Å². The van der Waals surface area contributed by atoms with Crippen LogP contribution in [0.4, 0.5) is 0 Å². The first-order chi connectivity index (χ1) is 10.2. The first-order valence-corrected chi connectivity index (χ1v) is 7.46. The molecule has 3 aromatic rings. The average Bonchev–Trinajstić information content (AvgIpc) is 3.03. The van der Waals surface area contributed by atoms with Gasteiger partial charge >= 0.3 is 26.2 Å². The third kappa shape index (κ3) is 4.88. The molecule has 1 unspecified atom stereocenters. The van der Waals surface area contributed by atoms with Gasteiger partial charge < -0.3 is 24.8 Å². The van der Waals surface area contributed by atoms with Crippen LogP contribution in [0.1, 0.15) is 35.1 Å². The summed E-state index contributed by atoms with van der Waals surface area (Å²) >= 11 is 0. The molecule has 1 aliphatic carbocycles. The van der Waals surface area contributed by atoms with Gasteiger partial charge in [0.15, 0.2) is 0 Å². The summed E-state index contributed by atoms with van der Waals surface area (Å²) in [4.78, 5) is 0. The Morgan fingerprint density at radius 1 is 0.958 bits per heavy atom. The fourth-order valence-corrected chi connectivity index (χ4v) is 3.04. The summed E-state index contributed by atoms with van der Waals surface area (Å²) in [6.07, 6.45) is 0. The van der Waals surface area contributed by atoms with Crippen LogP contribution in [0.15, 0.2) is 60.7 Å². The van der Waals surface area contributed by atoms with Crippen LogP contribution in [0.5, 0.6) is 0 Å². The number of fused-ring (bicyclic) bond motifs is 3. The van der Waals surface area contributed by atoms with Crippen molar-refractivity contribution in [1.29, 1.82) is 0 Å². The summed E-state index contributed by atoms with van der Waals surface area (Å²) in [5, 5.41) is 0. The second-order valence-corrected chi connectivity index (χ2v) is 5.77. The van der Waals surface area contributed by atoms with Crippen LogP contribution in [0.2, 0.25) is 0 Å². The zero-order valence-corrected chi connectivity index (χ0v) is 18.1. The molecule has 4 rings (SSSR count). The summed E-state index contributed by atoms with van der Waals surface area (Å²) in [7, 11) is 0. The molecule has 0 spiro atoms. The minimum Gasteiger partial charge on any atom is -1.00 e. The number of hydrogen-bond acceptors (Lipinski definition) is 0. The van der Waals surface area contributed by atoms with E-state index in [0.29, 0.717) is 5.92 Å². The predicted octanol–water partition coefficient (Wildman–Crippen LogP) is -0.353. The van der Waals surface area contributed by atoms with E-state index in [-0.39, 0.29) is 51.0 Å². The third-order valence-electron chi connectivity index (χ3n) is 4.10. The maximum absolute atomic E-state index is 3.35. The van der Waals surface area contributed by atoms with Crippen LogP contribution in [0.25, 0.3) is 11.1 Å². The van der Waals surface area contributed by atoms with Crippen molar-refractivity contribution in [1.82, 2.24) is 0 Å². The normalized spacial score (nSPS) is 13.0. The van der Waals surface area contributed by atoms with E-state index in [1.54, 1.807) is 0 Å². The molecule has 0 bridgehead atoms. The Kier molecular flexibility index (Phi) is 9.97. The summed E-state index contributed by atoms with van der Waals surface area (Å²) in [6, 6.07) is 24.6. The summed E-state index contributed by atoms with van der Waals surface area (Å²) < 4.78 is 0. The predicted molar refractivity (Wildman–Crippen MR) is 89.7 cm³/mol. The van der Waals surface area contributed by atoms with E-state index >= 15 is 0 Å². The molecule has 0 amide bonds. The van der Waals surface area contributed by atoms with E-state index in [2.05, 4.69) is 81.4 Å². The molecule has 1 atom stereocenters. The Balaban J connectivity index is 0.000000463. The fraction of sp³-hybridized carbons (Fsp3) is 0.190. The number of benzene rings is 2. The largest absolute Gasteiger partial charge is 4.00 e. The van der Waals surface area contributed by atoms with Gasteiger partial charge in [0, 0.05) is 0 Å². The Bertz CT molecular complexity index is 700. The van der Waals surface area contributed by atoms with E-state index in [1.165, 1.54) is 33.4 Å². The molecule has 3 aromatic carbocycles. The topological polar surface area (TPSA) is 0 Å². The fourth-order valence-electron chi connectivity index (χ4n) is 3.04. The first-order valence-electron chi connectivity index (χ1n) is 7.46. The molecule has 0 saturated carbocycles. The molecule has 122 valence electrons. The summed E-state index contributed by atoms with van der Waals surface area (Å²) in [6.45, 7) is 6.46. The van der Waals surface area contributed by atoms with Crippen LogP contribution in [0, 0.1) is 19.9 Å². The van der Waals surface area contributed by atoms with Crippen LogP contribution in [-0.2, 0) is 26.2 Å².